The van der Waals surface area contributed by atoms with Gasteiger partial charge in [-0.05, 0) is 30.4 Å². The van der Waals surface area contributed by atoms with Crippen LogP contribution in [0.15, 0.2) is 17.2 Å². The first kappa shape index (κ1) is 15.6. The van der Waals surface area contributed by atoms with Gasteiger partial charge in [0.05, 0.1) is 12.0 Å². The zero-order valence-corrected chi connectivity index (χ0v) is 11.6. The van der Waals surface area contributed by atoms with Gasteiger partial charge >= 0.3 is 12.1 Å². The van der Waals surface area contributed by atoms with Crippen LogP contribution in [0.25, 0.3) is 0 Å². The highest BCUT2D eigenvalue weighted by Crippen LogP contribution is 2.52. The van der Waals surface area contributed by atoms with Crippen molar-refractivity contribution in [2.24, 2.45) is 5.41 Å². The molecule has 0 unspecified atom stereocenters. The van der Waals surface area contributed by atoms with E-state index in [1.165, 1.54) is 0 Å². The second-order valence-electron chi connectivity index (χ2n) is 5.02. The Balaban J connectivity index is 2.15. The van der Waals surface area contributed by atoms with Crippen LogP contribution < -0.4 is 0 Å². The first-order valence-corrected chi connectivity index (χ1v) is 7.07. The molecule has 0 spiro atoms. The lowest BCUT2D eigenvalue weighted by Gasteiger charge is -2.13. The number of halogens is 3. The molecule has 8 heteroatoms. The SMILES string of the molecule is N#Cc1ccc(C(F)(F)F)nc1SCC1(CC(=O)O)CC1. The number of carboxylic acid groups (broad SMARTS) is 1. The number of carbonyl (C=O) groups is 1. The molecular formula is C13H11F3N2O2S. The number of carboxylic acids is 1. The molecule has 0 saturated heterocycles. The van der Waals surface area contributed by atoms with Crippen LogP contribution in [0.5, 0.6) is 0 Å². The van der Waals surface area contributed by atoms with Crippen molar-refractivity contribution in [1.82, 2.24) is 4.98 Å². The van der Waals surface area contributed by atoms with E-state index in [1.807, 2.05) is 0 Å². The van der Waals surface area contributed by atoms with E-state index in [9.17, 15) is 18.0 Å². The van der Waals surface area contributed by atoms with Gasteiger partial charge in [-0.2, -0.15) is 18.4 Å². The fourth-order valence-electron chi connectivity index (χ4n) is 1.88. The summed E-state index contributed by atoms with van der Waals surface area (Å²) in [7, 11) is 0. The van der Waals surface area contributed by atoms with E-state index in [0.29, 0.717) is 5.75 Å². The van der Waals surface area contributed by atoms with Gasteiger partial charge in [0.25, 0.3) is 0 Å². The zero-order chi connectivity index (χ0) is 15.7. The predicted molar refractivity (Wildman–Crippen MR) is 68.6 cm³/mol. The molecule has 0 bridgehead atoms. The summed E-state index contributed by atoms with van der Waals surface area (Å²) < 4.78 is 37.9. The predicted octanol–water partition coefficient (Wildman–Crippen LogP) is 3.32. The second-order valence-corrected chi connectivity index (χ2v) is 5.98. The highest BCUT2D eigenvalue weighted by atomic mass is 32.2. The fourth-order valence-corrected chi connectivity index (χ4v) is 3.15. The van der Waals surface area contributed by atoms with E-state index in [0.717, 1.165) is 36.7 Å². The van der Waals surface area contributed by atoms with Crippen LogP contribution in [0.2, 0.25) is 0 Å². The Labute approximate surface area is 123 Å². The van der Waals surface area contributed by atoms with Crippen LogP contribution in [0.4, 0.5) is 13.2 Å². The smallest absolute Gasteiger partial charge is 0.433 e. The molecule has 1 N–H and O–H groups in total. The normalized spacial score (nSPS) is 16.3. The Morgan fingerprint density at radius 3 is 2.62 bits per heavy atom. The second kappa shape index (κ2) is 5.56. The molecule has 4 nitrogen and oxygen atoms in total. The van der Waals surface area contributed by atoms with Gasteiger partial charge in [-0.25, -0.2) is 4.98 Å². The summed E-state index contributed by atoms with van der Waals surface area (Å²) in [4.78, 5) is 14.2. The Morgan fingerprint density at radius 1 is 1.48 bits per heavy atom. The van der Waals surface area contributed by atoms with Crippen LogP contribution in [0, 0.1) is 16.7 Å². The van der Waals surface area contributed by atoms with Gasteiger partial charge in [-0.15, -0.1) is 11.8 Å². The number of pyridine rings is 1. The van der Waals surface area contributed by atoms with Crippen LogP contribution in [0.1, 0.15) is 30.5 Å². The lowest BCUT2D eigenvalue weighted by Crippen LogP contribution is -2.12. The Morgan fingerprint density at radius 2 is 2.14 bits per heavy atom. The molecular weight excluding hydrogens is 305 g/mol. The molecule has 0 amide bonds. The fraction of sp³-hybridized carbons (Fsp3) is 0.462. The molecule has 1 aromatic heterocycles. The monoisotopic (exact) mass is 316 g/mol. The topological polar surface area (TPSA) is 74.0 Å². The van der Waals surface area contributed by atoms with Crippen molar-refractivity contribution in [3.05, 3.63) is 23.4 Å². The van der Waals surface area contributed by atoms with Gasteiger partial charge in [0, 0.05) is 5.75 Å². The van der Waals surface area contributed by atoms with E-state index in [4.69, 9.17) is 10.4 Å². The number of rotatable bonds is 5. The maximum Gasteiger partial charge on any atom is 0.433 e. The van der Waals surface area contributed by atoms with Gasteiger partial charge in [-0.3, -0.25) is 4.79 Å². The lowest BCUT2D eigenvalue weighted by atomic mass is 10.1. The van der Waals surface area contributed by atoms with E-state index < -0.39 is 17.8 Å². The zero-order valence-electron chi connectivity index (χ0n) is 10.8. The molecule has 1 aromatic rings. The Hall–Kier alpha value is -1.75. The maximum absolute atomic E-state index is 12.6. The number of nitriles is 1. The third-order valence-corrected chi connectivity index (χ3v) is 4.61. The van der Waals surface area contributed by atoms with Crippen molar-refractivity contribution in [3.63, 3.8) is 0 Å². The number of alkyl halides is 3. The summed E-state index contributed by atoms with van der Waals surface area (Å²) in [5.41, 5.74) is -1.36. The highest BCUT2D eigenvalue weighted by Gasteiger charge is 2.44. The van der Waals surface area contributed by atoms with E-state index >= 15 is 0 Å². The molecule has 21 heavy (non-hydrogen) atoms. The lowest BCUT2D eigenvalue weighted by molar-refractivity contribution is -0.141. The average molecular weight is 316 g/mol. The third kappa shape index (κ3) is 3.88. The highest BCUT2D eigenvalue weighted by molar-refractivity contribution is 7.99. The largest absolute Gasteiger partial charge is 0.481 e. The van der Waals surface area contributed by atoms with Crippen molar-refractivity contribution < 1.29 is 23.1 Å². The maximum atomic E-state index is 12.6. The molecule has 1 aliphatic rings. The van der Waals surface area contributed by atoms with Crippen molar-refractivity contribution in [2.45, 2.75) is 30.5 Å². The minimum Gasteiger partial charge on any atom is -0.481 e. The number of thioether (sulfide) groups is 1. The average Bonchev–Trinajstić information content (AvgIpc) is 3.14. The molecule has 0 aliphatic heterocycles. The summed E-state index contributed by atoms with van der Waals surface area (Å²) in [6.45, 7) is 0. The van der Waals surface area contributed by atoms with Crippen molar-refractivity contribution in [3.8, 4) is 6.07 Å². The van der Waals surface area contributed by atoms with Crippen molar-refractivity contribution in [2.75, 3.05) is 5.75 Å². The minimum absolute atomic E-state index is 0.00369. The molecule has 1 saturated carbocycles. The van der Waals surface area contributed by atoms with Crippen molar-refractivity contribution in [1.29, 1.82) is 5.26 Å². The Bertz CT molecular complexity index is 606. The molecule has 0 atom stereocenters. The molecule has 0 radical (unpaired) electrons. The third-order valence-electron chi connectivity index (χ3n) is 3.27. The standard InChI is InChI=1S/C13H11F3N2O2S/c14-13(15,16)9-2-1-8(6-17)11(18-9)21-7-12(3-4-12)5-10(19)20/h1-2H,3-5,7H2,(H,19,20). The molecule has 112 valence electrons. The van der Waals surface area contributed by atoms with Gasteiger partial charge in [0.2, 0.25) is 0 Å². The molecule has 1 aliphatic carbocycles. The van der Waals surface area contributed by atoms with Gasteiger partial charge in [0.1, 0.15) is 16.8 Å². The first-order chi connectivity index (χ1) is 9.76. The van der Waals surface area contributed by atoms with Crippen LogP contribution in [-0.2, 0) is 11.0 Å². The summed E-state index contributed by atoms with van der Waals surface area (Å²) >= 11 is 1.02. The summed E-state index contributed by atoms with van der Waals surface area (Å²) in [5, 5.41) is 17.7. The minimum atomic E-state index is -4.57. The van der Waals surface area contributed by atoms with Crippen LogP contribution >= 0.6 is 11.8 Å². The quantitative estimate of drug-likeness (QED) is 0.844. The molecule has 2 rings (SSSR count). The summed E-state index contributed by atoms with van der Waals surface area (Å²) in [6, 6.07) is 3.67. The van der Waals surface area contributed by atoms with E-state index in [2.05, 4.69) is 4.98 Å². The van der Waals surface area contributed by atoms with Crippen LogP contribution in [-0.4, -0.2) is 21.8 Å². The number of hydrogen-bond donors (Lipinski definition) is 1. The number of nitrogens with zero attached hydrogens (tertiary/aromatic N) is 2. The van der Waals surface area contributed by atoms with Crippen molar-refractivity contribution >= 4 is 17.7 Å². The number of hydrogen-bond acceptors (Lipinski definition) is 4. The van der Waals surface area contributed by atoms with Gasteiger partial charge in [-0.1, -0.05) is 0 Å². The number of aliphatic carboxylic acids is 1. The van der Waals surface area contributed by atoms with E-state index in [1.54, 1.807) is 6.07 Å². The Kier molecular flexibility index (Phi) is 4.14. The molecule has 0 aromatic carbocycles. The van der Waals surface area contributed by atoms with E-state index in [-0.39, 0.29) is 22.4 Å². The van der Waals surface area contributed by atoms with Gasteiger partial charge in [0.15, 0.2) is 0 Å². The molecule has 1 heterocycles. The van der Waals surface area contributed by atoms with Gasteiger partial charge < -0.3 is 5.11 Å². The summed E-state index contributed by atoms with van der Waals surface area (Å²) in [6.07, 6.45) is -3.12. The molecule has 1 fully saturated rings. The first-order valence-electron chi connectivity index (χ1n) is 6.09. The number of aromatic nitrogens is 1. The summed E-state index contributed by atoms with van der Waals surface area (Å²) in [5.74, 6) is -0.576. The van der Waals surface area contributed by atoms with Crippen LogP contribution in [0.3, 0.4) is 0 Å².